The number of hydrogen-bond acceptors (Lipinski definition) is 2. The van der Waals surface area contributed by atoms with Crippen molar-refractivity contribution in [2.75, 3.05) is 13.1 Å². The average Bonchev–Trinajstić information content (AvgIpc) is 2.77. The quantitative estimate of drug-likeness (QED) is 0.248. The lowest BCUT2D eigenvalue weighted by Gasteiger charge is -2.04. The Morgan fingerprint density at radius 3 is 1.35 bits per heavy atom. The number of amides is 2. The maximum atomic E-state index is 11.8. The summed E-state index contributed by atoms with van der Waals surface area (Å²) in [6.45, 7) is 1.36. The molecule has 0 bridgehead atoms. The molecule has 0 unspecified atom stereocenters. The summed E-state index contributed by atoms with van der Waals surface area (Å²) in [4.78, 5) is 23.6. The van der Waals surface area contributed by atoms with Gasteiger partial charge in [-0.15, -0.1) is 0 Å². The molecule has 0 aliphatic heterocycles. The summed E-state index contributed by atoms with van der Waals surface area (Å²) in [6, 6.07) is 15.6. The van der Waals surface area contributed by atoms with Crippen LogP contribution in [0, 0.1) is 0 Å². The van der Waals surface area contributed by atoms with E-state index in [0.29, 0.717) is 13.1 Å². The van der Waals surface area contributed by atoms with Crippen molar-refractivity contribution < 1.29 is 9.59 Å². The van der Waals surface area contributed by atoms with E-state index in [4.69, 9.17) is 0 Å². The van der Waals surface area contributed by atoms with Gasteiger partial charge in [0.05, 0.1) is 0 Å². The molecule has 0 aromatic heterocycles. The molecule has 6 heteroatoms. The first-order valence-electron chi connectivity index (χ1n) is 10.5. The van der Waals surface area contributed by atoms with E-state index in [1.165, 1.54) is 0 Å². The van der Waals surface area contributed by atoms with Gasteiger partial charge >= 0.3 is 0 Å². The van der Waals surface area contributed by atoms with E-state index in [0.717, 1.165) is 52.2 Å². The van der Waals surface area contributed by atoms with Crippen molar-refractivity contribution in [3.05, 3.63) is 80.8 Å². The Hall–Kier alpha value is -2.18. The topological polar surface area (TPSA) is 58.2 Å². The van der Waals surface area contributed by atoms with Crippen molar-refractivity contribution in [1.82, 2.24) is 10.6 Å². The Morgan fingerprint density at radius 2 is 0.968 bits per heavy atom. The van der Waals surface area contributed by atoms with E-state index in [1.54, 1.807) is 12.2 Å². The Kier molecular flexibility index (Phi) is 11.9. The number of hydrogen-bond donors (Lipinski definition) is 2. The molecule has 0 spiro atoms. The van der Waals surface area contributed by atoms with Gasteiger partial charge in [0.25, 0.3) is 0 Å². The highest BCUT2D eigenvalue weighted by atomic mass is 79.9. The van der Waals surface area contributed by atoms with Gasteiger partial charge in [0.15, 0.2) is 0 Å². The highest BCUT2D eigenvalue weighted by molar-refractivity contribution is 9.10. The van der Waals surface area contributed by atoms with E-state index < -0.39 is 0 Å². The minimum atomic E-state index is -0.0678. The molecule has 0 atom stereocenters. The molecule has 0 aliphatic carbocycles. The number of unbranched alkanes of at least 4 members (excludes halogenated alkanes) is 4. The molecule has 2 aromatic carbocycles. The van der Waals surface area contributed by atoms with Gasteiger partial charge in [-0.25, -0.2) is 0 Å². The van der Waals surface area contributed by atoms with Crippen molar-refractivity contribution in [3.8, 4) is 0 Å². The van der Waals surface area contributed by atoms with E-state index in [1.807, 2.05) is 60.7 Å². The van der Waals surface area contributed by atoms with Crippen molar-refractivity contribution in [2.24, 2.45) is 0 Å². The van der Waals surface area contributed by atoms with Crippen molar-refractivity contribution >= 4 is 55.8 Å². The molecule has 2 rings (SSSR count). The molecule has 0 aliphatic rings. The van der Waals surface area contributed by atoms with Crippen LogP contribution < -0.4 is 10.6 Å². The third-order valence-electron chi connectivity index (χ3n) is 4.55. The zero-order chi connectivity index (χ0) is 22.3. The van der Waals surface area contributed by atoms with Gasteiger partial charge in [-0.2, -0.15) is 0 Å². The van der Waals surface area contributed by atoms with Gasteiger partial charge in [0.1, 0.15) is 0 Å². The highest BCUT2D eigenvalue weighted by Crippen LogP contribution is 2.12. The van der Waals surface area contributed by atoms with E-state index in [-0.39, 0.29) is 11.8 Å². The summed E-state index contributed by atoms with van der Waals surface area (Å²) in [6.07, 6.45) is 11.9. The van der Waals surface area contributed by atoms with Crippen LogP contribution in [0.3, 0.4) is 0 Å². The number of nitrogens with one attached hydrogen (secondary N) is 2. The van der Waals surface area contributed by atoms with Gasteiger partial charge in [0, 0.05) is 34.2 Å². The number of carbonyl (C=O) groups excluding carboxylic acids is 2. The Bertz CT molecular complexity index is 802. The van der Waals surface area contributed by atoms with Crippen LogP contribution in [0.1, 0.15) is 43.2 Å². The zero-order valence-corrected chi connectivity index (χ0v) is 20.6. The van der Waals surface area contributed by atoms with Crippen LogP contribution in [-0.4, -0.2) is 24.9 Å². The van der Waals surface area contributed by atoms with Crippen molar-refractivity contribution in [3.63, 3.8) is 0 Å². The normalized spacial score (nSPS) is 11.2. The molecule has 2 N–H and O–H groups in total. The van der Waals surface area contributed by atoms with Gasteiger partial charge in [-0.3, -0.25) is 9.59 Å². The van der Waals surface area contributed by atoms with Crippen LogP contribution in [0.25, 0.3) is 12.2 Å². The molecule has 164 valence electrons. The fourth-order valence-corrected chi connectivity index (χ4v) is 3.34. The molecule has 2 aromatic rings. The van der Waals surface area contributed by atoms with Crippen LogP contribution in [0.15, 0.2) is 69.6 Å². The maximum absolute atomic E-state index is 11.8. The molecule has 0 heterocycles. The third-order valence-corrected chi connectivity index (χ3v) is 5.60. The van der Waals surface area contributed by atoms with Gasteiger partial charge in [0.2, 0.25) is 11.8 Å². The summed E-state index contributed by atoms with van der Waals surface area (Å²) in [5, 5.41) is 5.82. The highest BCUT2D eigenvalue weighted by Gasteiger charge is 1.98. The molecule has 2 amide bonds. The second-order valence-electron chi connectivity index (χ2n) is 7.12. The van der Waals surface area contributed by atoms with Gasteiger partial charge in [-0.05, 0) is 60.4 Å². The number of carbonyl (C=O) groups is 2. The Morgan fingerprint density at radius 1 is 0.613 bits per heavy atom. The maximum Gasteiger partial charge on any atom is 0.243 e. The molecule has 0 saturated carbocycles. The molecular weight excluding hydrogens is 520 g/mol. The van der Waals surface area contributed by atoms with Crippen molar-refractivity contribution in [1.29, 1.82) is 0 Å². The summed E-state index contributed by atoms with van der Waals surface area (Å²) < 4.78 is 2.04. The minimum Gasteiger partial charge on any atom is -0.353 e. The van der Waals surface area contributed by atoms with Crippen LogP contribution in [0.5, 0.6) is 0 Å². The van der Waals surface area contributed by atoms with Crippen LogP contribution in [-0.2, 0) is 9.59 Å². The number of benzene rings is 2. The first kappa shape index (κ1) is 25.1. The summed E-state index contributed by atoms with van der Waals surface area (Å²) in [7, 11) is 0. The lowest BCUT2D eigenvalue weighted by molar-refractivity contribution is -0.117. The van der Waals surface area contributed by atoms with Crippen molar-refractivity contribution in [2.45, 2.75) is 32.1 Å². The molecular formula is C25H28Br2N2O2. The molecule has 0 saturated heterocycles. The molecule has 0 radical (unpaired) electrons. The summed E-state index contributed by atoms with van der Waals surface area (Å²) >= 11 is 6.78. The van der Waals surface area contributed by atoms with Gasteiger partial charge in [-0.1, -0.05) is 75.4 Å². The van der Waals surface area contributed by atoms with E-state index >= 15 is 0 Å². The zero-order valence-electron chi connectivity index (χ0n) is 17.5. The lowest BCUT2D eigenvalue weighted by atomic mass is 10.1. The largest absolute Gasteiger partial charge is 0.353 e. The fraction of sp³-hybridized carbons (Fsp3) is 0.280. The fourth-order valence-electron chi connectivity index (χ4n) is 2.81. The predicted molar refractivity (Wildman–Crippen MR) is 135 cm³/mol. The second kappa shape index (κ2) is 14.8. The van der Waals surface area contributed by atoms with Crippen LogP contribution in [0.4, 0.5) is 0 Å². The Labute approximate surface area is 201 Å². The predicted octanol–water partition coefficient (Wildman–Crippen LogP) is 6.12. The number of halogens is 2. The monoisotopic (exact) mass is 546 g/mol. The summed E-state index contributed by atoms with van der Waals surface area (Å²) in [5.74, 6) is -0.136. The number of rotatable bonds is 12. The summed E-state index contributed by atoms with van der Waals surface area (Å²) in [5.41, 5.74) is 1.99. The first-order chi connectivity index (χ1) is 15.0. The second-order valence-corrected chi connectivity index (χ2v) is 8.95. The van der Waals surface area contributed by atoms with Crippen LogP contribution in [0.2, 0.25) is 0 Å². The lowest BCUT2D eigenvalue weighted by Crippen LogP contribution is -2.22. The first-order valence-corrected chi connectivity index (χ1v) is 12.0. The van der Waals surface area contributed by atoms with E-state index in [2.05, 4.69) is 42.5 Å². The molecule has 0 fully saturated rings. The third kappa shape index (κ3) is 11.7. The average molecular weight is 548 g/mol. The van der Waals surface area contributed by atoms with Gasteiger partial charge < -0.3 is 10.6 Å². The molecule has 4 nitrogen and oxygen atoms in total. The SMILES string of the molecule is O=C(C=Cc1ccc(Br)cc1)NCCCCCCCNC(=O)C=Cc1ccc(Br)cc1. The Balaban J connectivity index is 1.45. The van der Waals surface area contributed by atoms with Crippen LogP contribution >= 0.6 is 31.9 Å². The van der Waals surface area contributed by atoms with E-state index in [9.17, 15) is 9.59 Å². The molecule has 31 heavy (non-hydrogen) atoms. The minimum absolute atomic E-state index is 0.0678. The standard InChI is InChI=1S/C25H28Br2N2O2/c26-22-12-6-20(7-13-22)10-16-24(30)28-18-4-2-1-3-5-19-29-25(31)17-11-21-8-14-23(27)15-9-21/h6-17H,1-5,18-19H2,(H,28,30)(H,29,31). The smallest absolute Gasteiger partial charge is 0.243 e.